The summed E-state index contributed by atoms with van der Waals surface area (Å²) < 4.78 is 28.4. The maximum absolute atomic E-state index is 13.7. The Hall–Kier alpha value is -2.78. The van der Waals surface area contributed by atoms with Crippen LogP contribution in [-0.4, -0.2) is 44.8 Å². The minimum atomic E-state index is -4.16. The summed E-state index contributed by atoms with van der Waals surface area (Å²) in [6, 6.07) is 16.5. The Labute approximate surface area is 232 Å². The Morgan fingerprint density at radius 3 is 2.22 bits per heavy atom. The molecule has 3 aromatic carbocycles. The van der Waals surface area contributed by atoms with Crippen LogP contribution in [0.1, 0.15) is 18.1 Å². The second-order valence-electron chi connectivity index (χ2n) is 8.36. The van der Waals surface area contributed by atoms with Gasteiger partial charge in [-0.1, -0.05) is 64.6 Å². The number of sulfonamides is 1. The number of rotatable bonds is 9. The van der Waals surface area contributed by atoms with E-state index in [1.54, 1.807) is 55.5 Å². The van der Waals surface area contributed by atoms with E-state index >= 15 is 0 Å². The third-order valence-electron chi connectivity index (χ3n) is 5.73. The van der Waals surface area contributed by atoms with E-state index in [9.17, 15) is 18.0 Å². The third kappa shape index (κ3) is 6.96. The summed E-state index contributed by atoms with van der Waals surface area (Å²) in [4.78, 5) is 27.5. The summed E-state index contributed by atoms with van der Waals surface area (Å²) in [7, 11) is -2.71. The number of anilines is 1. The molecule has 0 aliphatic carbocycles. The summed E-state index contributed by atoms with van der Waals surface area (Å²) in [6.45, 7) is 2.83. The van der Waals surface area contributed by atoms with Crippen LogP contribution in [0.3, 0.4) is 0 Å². The smallest absolute Gasteiger partial charge is 0.264 e. The topological polar surface area (TPSA) is 86.8 Å². The predicted molar refractivity (Wildman–Crippen MR) is 148 cm³/mol. The zero-order chi connectivity index (χ0) is 27.3. The number of carbonyl (C=O) groups is 2. The first-order valence-corrected chi connectivity index (χ1v) is 13.8. The minimum Gasteiger partial charge on any atom is -0.357 e. The average molecular weight is 583 g/mol. The molecule has 0 bridgehead atoms. The molecule has 2 amide bonds. The molecule has 0 radical (unpaired) electrons. The van der Waals surface area contributed by atoms with Gasteiger partial charge >= 0.3 is 0 Å². The number of halogens is 3. The van der Waals surface area contributed by atoms with Crippen LogP contribution in [-0.2, 0) is 26.2 Å². The maximum atomic E-state index is 13.7. The molecule has 11 heteroatoms. The highest BCUT2D eigenvalue weighted by Gasteiger charge is 2.32. The molecule has 0 heterocycles. The molecule has 196 valence electrons. The van der Waals surface area contributed by atoms with Gasteiger partial charge in [-0.05, 0) is 61.9 Å². The highest BCUT2D eigenvalue weighted by atomic mass is 35.5. The van der Waals surface area contributed by atoms with Gasteiger partial charge in [0.05, 0.1) is 20.6 Å². The number of carbonyl (C=O) groups excluding carboxylic acids is 2. The van der Waals surface area contributed by atoms with Gasteiger partial charge in [0.15, 0.2) is 0 Å². The second-order valence-corrected chi connectivity index (χ2v) is 11.5. The van der Waals surface area contributed by atoms with Gasteiger partial charge in [-0.3, -0.25) is 13.9 Å². The number of aryl methyl sites for hydroxylation is 1. The lowest BCUT2D eigenvalue weighted by atomic mass is 10.1. The normalized spacial score (nSPS) is 12.1. The van der Waals surface area contributed by atoms with Crippen molar-refractivity contribution in [2.45, 2.75) is 31.3 Å². The number of hydrogen-bond donors (Lipinski definition) is 1. The van der Waals surface area contributed by atoms with Crippen molar-refractivity contribution in [3.8, 4) is 0 Å². The lowest BCUT2D eigenvalue weighted by Gasteiger charge is -2.32. The Kier molecular flexibility index (Phi) is 9.47. The molecule has 0 saturated carbocycles. The van der Waals surface area contributed by atoms with E-state index in [0.717, 1.165) is 9.87 Å². The molecule has 1 N–H and O–H groups in total. The fourth-order valence-electron chi connectivity index (χ4n) is 3.62. The van der Waals surface area contributed by atoms with E-state index < -0.39 is 34.4 Å². The Bertz CT molecular complexity index is 1400. The molecule has 0 aromatic heterocycles. The standard InChI is InChI=1S/C26H26Cl3N3O4S/c1-17-7-10-22(11-8-17)37(35,36)32(21-6-4-5-20(27)14-21)16-25(33)31(18(2)26(34)30-3)15-19-9-12-23(28)24(29)13-19/h4-14,18H,15-16H2,1-3H3,(H,30,34). The molecular formula is C26H26Cl3N3O4S. The van der Waals surface area contributed by atoms with Crippen LogP contribution in [0.15, 0.2) is 71.6 Å². The fraction of sp³-hybridized carbons (Fsp3) is 0.231. The van der Waals surface area contributed by atoms with Gasteiger partial charge in [0.25, 0.3) is 10.0 Å². The SMILES string of the molecule is CNC(=O)C(C)N(Cc1ccc(Cl)c(Cl)c1)C(=O)CN(c1cccc(Cl)c1)S(=O)(=O)c1ccc(C)cc1. The Balaban J connectivity index is 2.04. The highest BCUT2D eigenvalue weighted by molar-refractivity contribution is 7.92. The average Bonchev–Trinajstić information content (AvgIpc) is 2.87. The minimum absolute atomic E-state index is 0.00171. The number of nitrogens with one attached hydrogen (secondary N) is 1. The van der Waals surface area contributed by atoms with Crippen molar-refractivity contribution in [1.82, 2.24) is 10.2 Å². The lowest BCUT2D eigenvalue weighted by molar-refractivity contribution is -0.139. The second kappa shape index (κ2) is 12.2. The first-order chi connectivity index (χ1) is 17.4. The maximum Gasteiger partial charge on any atom is 0.264 e. The molecule has 0 aliphatic rings. The molecule has 0 fully saturated rings. The van der Waals surface area contributed by atoms with Crippen molar-refractivity contribution >= 4 is 62.3 Å². The highest BCUT2D eigenvalue weighted by Crippen LogP contribution is 2.28. The molecule has 0 spiro atoms. The first kappa shape index (κ1) is 28.8. The van der Waals surface area contributed by atoms with E-state index in [1.807, 2.05) is 6.92 Å². The van der Waals surface area contributed by atoms with Crippen molar-refractivity contribution in [3.63, 3.8) is 0 Å². The lowest BCUT2D eigenvalue weighted by Crippen LogP contribution is -2.50. The fourth-order valence-corrected chi connectivity index (χ4v) is 5.53. The van der Waals surface area contributed by atoms with Crippen molar-refractivity contribution in [2.75, 3.05) is 17.9 Å². The third-order valence-corrected chi connectivity index (χ3v) is 8.50. The van der Waals surface area contributed by atoms with Crippen LogP contribution >= 0.6 is 34.8 Å². The van der Waals surface area contributed by atoms with Gasteiger partial charge < -0.3 is 10.2 Å². The predicted octanol–water partition coefficient (Wildman–Crippen LogP) is 5.31. The van der Waals surface area contributed by atoms with Crippen LogP contribution in [0.2, 0.25) is 15.1 Å². The van der Waals surface area contributed by atoms with Gasteiger partial charge in [0, 0.05) is 18.6 Å². The number of amides is 2. The van der Waals surface area contributed by atoms with Crippen molar-refractivity contribution in [3.05, 3.63) is 92.9 Å². The summed E-state index contributed by atoms with van der Waals surface area (Å²) in [5.41, 5.74) is 1.72. The van der Waals surface area contributed by atoms with E-state index in [1.165, 1.54) is 30.1 Å². The molecular weight excluding hydrogens is 557 g/mol. The van der Waals surface area contributed by atoms with Crippen molar-refractivity contribution in [2.24, 2.45) is 0 Å². The zero-order valence-corrected chi connectivity index (χ0v) is 23.5. The summed E-state index contributed by atoms with van der Waals surface area (Å²) in [5, 5.41) is 3.48. The summed E-state index contributed by atoms with van der Waals surface area (Å²) >= 11 is 18.3. The summed E-state index contributed by atoms with van der Waals surface area (Å²) in [6.07, 6.45) is 0. The van der Waals surface area contributed by atoms with Gasteiger partial charge in [-0.25, -0.2) is 8.42 Å². The molecule has 3 aromatic rings. The van der Waals surface area contributed by atoms with E-state index in [-0.39, 0.29) is 17.1 Å². The van der Waals surface area contributed by atoms with Gasteiger partial charge in [0.2, 0.25) is 11.8 Å². The van der Waals surface area contributed by atoms with Crippen LogP contribution < -0.4 is 9.62 Å². The van der Waals surface area contributed by atoms with E-state index in [0.29, 0.717) is 20.6 Å². The van der Waals surface area contributed by atoms with Crippen molar-refractivity contribution < 1.29 is 18.0 Å². The Morgan fingerprint density at radius 2 is 1.62 bits per heavy atom. The molecule has 3 rings (SSSR count). The van der Waals surface area contributed by atoms with Gasteiger partial charge in [0.1, 0.15) is 12.6 Å². The quantitative estimate of drug-likeness (QED) is 0.370. The first-order valence-electron chi connectivity index (χ1n) is 11.2. The molecule has 0 aliphatic heterocycles. The van der Waals surface area contributed by atoms with Gasteiger partial charge in [-0.2, -0.15) is 0 Å². The summed E-state index contributed by atoms with van der Waals surface area (Å²) in [5.74, 6) is -1.01. The zero-order valence-electron chi connectivity index (χ0n) is 20.4. The molecule has 1 atom stereocenters. The van der Waals surface area contributed by atoms with Crippen LogP contribution in [0.5, 0.6) is 0 Å². The number of nitrogens with zero attached hydrogens (tertiary/aromatic N) is 2. The number of hydrogen-bond acceptors (Lipinski definition) is 4. The van der Waals surface area contributed by atoms with Crippen LogP contribution in [0.4, 0.5) is 5.69 Å². The Morgan fingerprint density at radius 1 is 0.946 bits per heavy atom. The van der Waals surface area contributed by atoms with Crippen molar-refractivity contribution in [1.29, 1.82) is 0 Å². The van der Waals surface area contributed by atoms with Crippen LogP contribution in [0.25, 0.3) is 0 Å². The van der Waals surface area contributed by atoms with Crippen LogP contribution in [0, 0.1) is 6.92 Å². The van der Waals surface area contributed by atoms with Gasteiger partial charge in [-0.15, -0.1) is 0 Å². The number of likely N-dealkylation sites (N-methyl/N-ethyl adjacent to an activating group) is 1. The number of benzene rings is 3. The molecule has 37 heavy (non-hydrogen) atoms. The largest absolute Gasteiger partial charge is 0.357 e. The molecule has 0 saturated heterocycles. The van der Waals surface area contributed by atoms with E-state index in [2.05, 4.69) is 5.32 Å². The van der Waals surface area contributed by atoms with E-state index in [4.69, 9.17) is 34.8 Å². The monoisotopic (exact) mass is 581 g/mol. The molecule has 1 unspecified atom stereocenters. The molecule has 7 nitrogen and oxygen atoms in total.